The molecular weight excluding hydrogens is 475 g/mol. The minimum Gasteiger partial charge on any atom is -0.486 e. The number of nitrogens with one attached hydrogen (secondary N) is 1. The van der Waals surface area contributed by atoms with Crippen LogP contribution in [0.25, 0.3) is 0 Å². The fraction of sp³-hybridized carbons (Fsp3) is 0.409. The van der Waals surface area contributed by atoms with Gasteiger partial charge in [0, 0.05) is 43.5 Å². The Kier molecular flexibility index (Phi) is 6.89. The fourth-order valence-electron chi connectivity index (χ4n) is 3.85. The van der Waals surface area contributed by atoms with Crippen LogP contribution < -0.4 is 14.2 Å². The number of carbonyl (C=O) groups is 1. The third-order valence-corrected chi connectivity index (χ3v) is 6.87. The Balaban J connectivity index is 1.39. The molecule has 2 heterocycles. The number of hydrogen-bond donors (Lipinski definition) is 1. The number of hydrogen-bond acceptors (Lipinski definition) is 6. The lowest BCUT2D eigenvalue weighted by Gasteiger charge is -2.23. The van der Waals surface area contributed by atoms with E-state index >= 15 is 0 Å². The Labute approximate surface area is 195 Å². The van der Waals surface area contributed by atoms with Crippen molar-refractivity contribution in [3.63, 3.8) is 0 Å². The van der Waals surface area contributed by atoms with Crippen LogP contribution in [0.2, 0.25) is 0 Å². The van der Waals surface area contributed by atoms with Crippen LogP contribution in [0.1, 0.15) is 16.8 Å². The van der Waals surface area contributed by atoms with Gasteiger partial charge >= 0.3 is 6.18 Å². The van der Waals surface area contributed by atoms with E-state index in [2.05, 4.69) is 4.72 Å². The van der Waals surface area contributed by atoms with Gasteiger partial charge in [0.15, 0.2) is 11.5 Å². The minimum atomic E-state index is -4.28. The quantitative estimate of drug-likeness (QED) is 0.681. The van der Waals surface area contributed by atoms with E-state index in [0.717, 1.165) is 0 Å². The van der Waals surface area contributed by atoms with Gasteiger partial charge in [-0.3, -0.25) is 14.4 Å². The second kappa shape index (κ2) is 9.71. The monoisotopic (exact) mass is 499 g/mol. The first-order valence-corrected chi connectivity index (χ1v) is 12.2. The van der Waals surface area contributed by atoms with Crippen molar-refractivity contribution in [2.45, 2.75) is 17.5 Å². The molecule has 184 valence electrons. The Hall–Kier alpha value is -2.99. The molecule has 0 atom stereocenters. The van der Waals surface area contributed by atoms with Gasteiger partial charge in [-0.2, -0.15) is 13.2 Å². The molecule has 0 radical (unpaired) electrons. The zero-order valence-corrected chi connectivity index (χ0v) is 19.0. The molecule has 0 spiro atoms. The molecule has 0 aliphatic carbocycles. The summed E-state index contributed by atoms with van der Waals surface area (Å²) < 4.78 is 76.7. The van der Waals surface area contributed by atoms with Crippen molar-refractivity contribution in [3.05, 3.63) is 48.0 Å². The molecule has 1 saturated heterocycles. The van der Waals surface area contributed by atoms with Crippen LogP contribution in [0.4, 0.5) is 18.9 Å². The highest BCUT2D eigenvalue weighted by atomic mass is 32.2. The molecule has 1 N–H and O–H groups in total. The predicted molar refractivity (Wildman–Crippen MR) is 118 cm³/mol. The Morgan fingerprint density at radius 3 is 2.35 bits per heavy atom. The van der Waals surface area contributed by atoms with Crippen LogP contribution in [-0.4, -0.2) is 76.2 Å². The Morgan fingerprint density at radius 2 is 1.65 bits per heavy atom. The van der Waals surface area contributed by atoms with Crippen LogP contribution in [0.5, 0.6) is 11.5 Å². The lowest BCUT2D eigenvalue weighted by molar-refractivity contribution is -0.145. The zero-order chi connectivity index (χ0) is 24.3. The molecule has 12 heteroatoms. The molecule has 0 aromatic heterocycles. The molecular formula is C22H24F3N3O5S. The first kappa shape index (κ1) is 24.1. The summed E-state index contributed by atoms with van der Waals surface area (Å²) in [5.74, 6) is 0.513. The first-order chi connectivity index (χ1) is 16.1. The number of sulfonamides is 1. The van der Waals surface area contributed by atoms with Gasteiger partial charge in [-0.25, -0.2) is 8.42 Å². The number of carbonyl (C=O) groups excluding carboxylic acids is 1. The van der Waals surface area contributed by atoms with Crippen molar-refractivity contribution < 1.29 is 35.9 Å². The summed E-state index contributed by atoms with van der Waals surface area (Å²) in [7, 11) is -3.90. The van der Waals surface area contributed by atoms with E-state index in [4.69, 9.17) is 9.47 Å². The molecule has 0 unspecified atom stereocenters. The maximum atomic E-state index is 12.8. The zero-order valence-electron chi connectivity index (χ0n) is 18.2. The number of alkyl halides is 3. The predicted octanol–water partition coefficient (Wildman–Crippen LogP) is 2.97. The minimum absolute atomic E-state index is 0.00452. The van der Waals surface area contributed by atoms with E-state index in [0.29, 0.717) is 43.2 Å². The van der Waals surface area contributed by atoms with E-state index in [-0.39, 0.29) is 36.1 Å². The number of fused-ring (bicyclic) bond motifs is 1. The lowest BCUT2D eigenvalue weighted by Crippen LogP contribution is -2.38. The number of ether oxygens (including phenoxy) is 2. The van der Waals surface area contributed by atoms with Crippen LogP contribution in [-0.2, 0) is 10.0 Å². The molecule has 34 heavy (non-hydrogen) atoms. The van der Waals surface area contributed by atoms with E-state index in [9.17, 15) is 26.4 Å². The van der Waals surface area contributed by atoms with Gasteiger partial charge in [-0.15, -0.1) is 0 Å². The highest BCUT2D eigenvalue weighted by molar-refractivity contribution is 7.92. The molecule has 2 aromatic carbocycles. The molecule has 0 saturated carbocycles. The van der Waals surface area contributed by atoms with Gasteiger partial charge in [0.2, 0.25) is 0 Å². The molecule has 8 nitrogen and oxygen atoms in total. The van der Waals surface area contributed by atoms with Crippen LogP contribution in [0, 0.1) is 0 Å². The van der Waals surface area contributed by atoms with Gasteiger partial charge < -0.3 is 14.4 Å². The third kappa shape index (κ3) is 5.92. The average molecular weight is 500 g/mol. The summed E-state index contributed by atoms with van der Waals surface area (Å²) in [6.45, 7) is 0.678. The summed E-state index contributed by atoms with van der Waals surface area (Å²) >= 11 is 0. The summed E-state index contributed by atoms with van der Waals surface area (Å²) in [6.07, 6.45) is -3.84. The van der Waals surface area contributed by atoms with Crippen LogP contribution in [0.3, 0.4) is 0 Å². The van der Waals surface area contributed by atoms with Crippen molar-refractivity contribution in [1.82, 2.24) is 9.80 Å². The second-order valence-corrected chi connectivity index (χ2v) is 9.71. The second-order valence-electron chi connectivity index (χ2n) is 8.03. The molecule has 0 bridgehead atoms. The fourth-order valence-corrected chi connectivity index (χ4v) is 4.93. The summed E-state index contributed by atoms with van der Waals surface area (Å²) in [5.41, 5.74) is 0.588. The molecule has 2 aromatic rings. The highest BCUT2D eigenvalue weighted by Gasteiger charge is 2.32. The van der Waals surface area contributed by atoms with E-state index in [1.165, 1.54) is 52.3 Å². The van der Waals surface area contributed by atoms with Gasteiger partial charge in [0.1, 0.15) is 13.2 Å². The van der Waals surface area contributed by atoms with E-state index in [1.54, 1.807) is 0 Å². The van der Waals surface area contributed by atoms with Gasteiger partial charge in [0.05, 0.1) is 11.4 Å². The normalized spacial score (nSPS) is 17.2. The van der Waals surface area contributed by atoms with E-state index < -0.39 is 22.7 Å². The number of amides is 1. The smallest absolute Gasteiger partial charge is 0.401 e. The van der Waals surface area contributed by atoms with Crippen molar-refractivity contribution >= 4 is 21.6 Å². The van der Waals surface area contributed by atoms with Crippen LogP contribution >= 0.6 is 0 Å². The van der Waals surface area contributed by atoms with Crippen LogP contribution in [0.15, 0.2) is 47.4 Å². The van der Waals surface area contributed by atoms with Crippen molar-refractivity contribution in [2.24, 2.45) is 0 Å². The maximum Gasteiger partial charge on any atom is 0.401 e. The third-order valence-electron chi connectivity index (χ3n) is 5.49. The Morgan fingerprint density at radius 1 is 0.941 bits per heavy atom. The van der Waals surface area contributed by atoms with Gasteiger partial charge in [-0.1, -0.05) is 0 Å². The lowest BCUT2D eigenvalue weighted by atomic mass is 10.2. The summed E-state index contributed by atoms with van der Waals surface area (Å²) in [4.78, 5) is 15.6. The molecule has 1 fully saturated rings. The van der Waals surface area contributed by atoms with E-state index in [1.807, 2.05) is 0 Å². The Bertz CT molecular complexity index is 1140. The topological polar surface area (TPSA) is 88.2 Å². The largest absolute Gasteiger partial charge is 0.486 e. The maximum absolute atomic E-state index is 12.8. The molecule has 2 aliphatic rings. The van der Waals surface area contributed by atoms with Gasteiger partial charge in [-0.05, 0) is 42.8 Å². The highest BCUT2D eigenvalue weighted by Crippen LogP contribution is 2.32. The standard InChI is InChI=1S/C22H24F3N3O5S/c23-22(24,25)15-27-8-1-9-28(11-10-27)21(29)16-2-4-17(5-3-16)26-34(30,31)18-6-7-19-20(14-18)33-13-12-32-19/h2-7,14,26H,1,8-13,15H2. The van der Waals surface area contributed by atoms with Crippen molar-refractivity contribution in [1.29, 1.82) is 0 Å². The molecule has 2 aliphatic heterocycles. The number of benzene rings is 2. The summed E-state index contributed by atoms with van der Waals surface area (Å²) in [5, 5.41) is 0. The summed E-state index contributed by atoms with van der Waals surface area (Å²) in [6, 6.07) is 10.2. The SMILES string of the molecule is O=C(c1ccc(NS(=O)(=O)c2ccc3c(c2)OCCO3)cc1)N1CCCN(CC(F)(F)F)CC1. The van der Waals surface area contributed by atoms with Crippen molar-refractivity contribution in [2.75, 3.05) is 50.7 Å². The number of nitrogens with zero attached hydrogens (tertiary/aromatic N) is 2. The molecule has 4 rings (SSSR count). The number of anilines is 1. The number of rotatable bonds is 5. The van der Waals surface area contributed by atoms with Gasteiger partial charge in [0.25, 0.3) is 15.9 Å². The number of halogens is 3. The first-order valence-electron chi connectivity index (χ1n) is 10.7. The van der Waals surface area contributed by atoms with Crippen molar-refractivity contribution in [3.8, 4) is 11.5 Å². The average Bonchev–Trinajstić information content (AvgIpc) is 3.03. The molecule has 1 amide bonds.